The van der Waals surface area contributed by atoms with Crippen molar-refractivity contribution in [3.8, 4) is 23.4 Å². The van der Waals surface area contributed by atoms with Crippen LogP contribution in [0.1, 0.15) is 28.3 Å². The summed E-state index contributed by atoms with van der Waals surface area (Å²) >= 11 is 6.11. The summed E-state index contributed by atoms with van der Waals surface area (Å²) in [6.45, 7) is 3.43. The molecule has 0 saturated heterocycles. The highest BCUT2D eigenvalue weighted by Gasteiger charge is 2.34. The van der Waals surface area contributed by atoms with Gasteiger partial charge in [0.05, 0.1) is 13.0 Å². The van der Waals surface area contributed by atoms with Gasteiger partial charge in [-0.3, -0.25) is 9.89 Å². The van der Waals surface area contributed by atoms with Crippen LogP contribution in [0.2, 0.25) is 5.02 Å². The van der Waals surface area contributed by atoms with Crippen molar-refractivity contribution in [2.75, 3.05) is 19.0 Å². The van der Waals surface area contributed by atoms with Gasteiger partial charge in [0.1, 0.15) is 11.6 Å². The zero-order valence-electron chi connectivity index (χ0n) is 18.7. The van der Waals surface area contributed by atoms with Gasteiger partial charge >= 0.3 is 0 Å². The maximum absolute atomic E-state index is 12.4. The van der Waals surface area contributed by atoms with Crippen LogP contribution in [0.3, 0.4) is 0 Å². The van der Waals surface area contributed by atoms with E-state index in [0.29, 0.717) is 28.1 Å². The monoisotopic (exact) mass is 479 g/mol. The Morgan fingerprint density at radius 3 is 2.85 bits per heavy atom. The molecular weight excluding hydrogens is 458 g/mol. The number of rotatable bonds is 6. The molecule has 0 radical (unpaired) electrons. The van der Waals surface area contributed by atoms with Crippen LogP contribution in [0.4, 0.5) is 5.69 Å². The van der Waals surface area contributed by atoms with Crippen LogP contribution in [0.5, 0.6) is 17.4 Å². The number of nitrogens with one attached hydrogen (secondary N) is 2. The molecule has 10 heteroatoms. The number of aromatic amines is 1. The van der Waals surface area contributed by atoms with Crippen molar-refractivity contribution in [1.82, 2.24) is 10.2 Å². The third-order valence-corrected chi connectivity index (χ3v) is 5.96. The van der Waals surface area contributed by atoms with Crippen molar-refractivity contribution in [2.45, 2.75) is 19.8 Å². The Labute approximate surface area is 201 Å². The Morgan fingerprint density at radius 1 is 1.32 bits per heavy atom. The summed E-state index contributed by atoms with van der Waals surface area (Å²) in [6, 6.07) is 12.6. The molecule has 4 N–H and O–H groups in total. The van der Waals surface area contributed by atoms with Gasteiger partial charge in [0.15, 0.2) is 18.1 Å². The average molecular weight is 480 g/mol. The van der Waals surface area contributed by atoms with E-state index < -0.39 is 5.92 Å². The highest BCUT2D eigenvalue weighted by Crippen LogP contribution is 2.44. The van der Waals surface area contributed by atoms with Gasteiger partial charge in [-0.2, -0.15) is 5.26 Å². The van der Waals surface area contributed by atoms with Crippen molar-refractivity contribution in [2.24, 2.45) is 5.73 Å². The maximum atomic E-state index is 12.4. The maximum Gasteiger partial charge on any atom is 0.262 e. The SMILES string of the molecule is COc1cc(C2C(C#N)=C(N)Oc3n[nH]c(C)c32)ccc1OCC(=O)Nc1cccc(Cl)c1C. The Morgan fingerprint density at radius 2 is 2.12 bits per heavy atom. The molecule has 1 aliphatic heterocycles. The van der Waals surface area contributed by atoms with E-state index in [9.17, 15) is 10.1 Å². The number of nitriles is 1. The lowest BCUT2D eigenvalue weighted by Crippen LogP contribution is -2.21. The fraction of sp³-hybridized carbons (Fsp3) is 0.208. The number of amides is 1. The zero-order valence-corrected chi connectivity index (χ0v) is 19.5. The first-order valence-electron chi connectivity index (χ1n) is 10.3. The van der Waals surface area contributed by atoms with Crippen LogP contribution < -0.4 is 25.3 Å². The van der Waals surface area contributed by atoms with Crippen molar-refractivity contribution < 1.29 is 19.0 Å². The lowest BCUT2D eigenvalue weighted by Gasteiger charge is -2.24. The number of anilines is 1. The first kappa shape index (κ1) is 23.0. The van der Waals surface area contributed by atoms with Gasteiger partial charge in [-0.15, -0.1) is 5.10 Å². The molecule has 1 amide bonds. The normalized spacial score (nSPS) is 14.6. The number of ether oxygens (including phenoxy) is 3. The first-order valence-corrected chi connectivity index (χ1v) is 10.7. The van der Waals surface area contributed by atoms with E-state index in [2.05, 4.69) is 21.6 Å². The number of fused-ring (bicyclic) bond motifs is 1. The number of H-pyrrole nitrogens is 1. The lowest BCUT2D eigenvalue weighted by molar-refractivity contribution is -0.118. The average Bonchev–Trinajstić information content (AvgIpc) is 3.19. The van der Waals surface area contributed by atoms with Crippen molar-refractivity contribution in [3.63, 3.8) is 0 Å². The van der Waals surface area contributed by atoms with Gasteiger partial charge in [-0.1, -0.05) is 23.7 Å². The summed E-state index contributed by atoms with van der Waals surface area (Å²) in [5.41, 5.74) is 9.84. The number of carbonyl (C=O) groups is 1. The van der Waals surface area contributed by atoms with Crippen molar-refractivity contribution in [3.05, 3.63) is 75.3 Å². The number of nitrogens with two attached hydrogens (primary N) is 1. The standard InChI is InChI=1S/C24H22ClN5O4/c1-12-16(25)5-4-6-17(12)28-20(31)11-33-18-8-7-14(9-19(18)32-3)22-15(10-26)23(27)34-24-21(22)13(2)29-30-24/h4-9,22H,11,27H2,1-3H3,(H,28,31)(H,29,30). The summed E-state index contributed by atoms with van der Waals surface area (Å²) in [5.74, 6) is 0.252. The Hall–Kier alpha value is -4.16. The first-order chi connectivity index (χ1) is 16.3. The molecule has 34 heavy (non-hydrogen) atoms. The van der Waals surface area contributed by atoms with Crippen LogP contribution in [-0.4, -0.2) is 29.8 Å². The van der Waals surface area contributed by atoms with E-state index in [1.54, 1.807) is 36.4 Å². The lowest BCUT2D eigenvalue weighted by atomic mass is 9.84. The third-order valence-electron chi connectivity index (χ3n) is 5.55. The van der Waals surface area contributed by atoms with Crippen LogP contribution in [0.25, 0.3) is 0 Å². The van der Waals surface area contributed by atoms with Crippen LogP contribution >= 0.6 is 11.6 Å². The highest BCUT2D eigenvalue weighted by molar-refractivity contribution is 6.31. The summed E-state index contributed by atoms with van der Waals surface area (Å²) in [4.78, 5) is 12.4. The number of hydrogen-bond donors (Lipinski definition) is 3. The molecule has 4 rings (SSSR count). The summed E-state index contributed by atoms with van der Waals surface area (Å²) in [7, 11) is 1.50. The molecule has 0 saturated carbocycles. The third kappa shape index (κ3) is 4.23. The van der Waals surface area contributed by atoms with Crippen LogP contribution in [0, 0.1) is 25.2 Å². The second-order valence-electron chi connectivity index (χ2n) is 7.65. The highest BCUT2D eigenvalue weighted by atomic mass is 35.5. The molecule has 0 fully saturated rings. The van der Waals surface area contributed by atoms with Crippen LogP contribution in [0.15, 0.2) is 47.9 Å². The topological polar surface area (TPSA) is 135 Å². The minimum atomic E-state index is -0.496. The number of halogens is 1. The van der Waals surface area contributed by atoms with Gasteiger partial charge in [-0.05, 0) is 49.2 Å². The summed E-state index contributed by atoms with van der Waals surface area (Å²) in [5, 5.41) is 20.1. The predicted octanol–water partition coefficient (Wildman–Crippen LogP) is 3.92. The largest absolute Gasteiger partial charge is 0.493 e. The fourth-order valence-electron chi connectivity index (χ4n) is 3.79. The van der Waals surface area contributed by atoms with E-state index in [1.807, 2.05) is 13.8 Å². The summed E-state index contributed by atoms with van der Waals surface area (Å²) in [6.07, 6.45) is 0. The Bertz CT molecular complexity index is 1340. The minimum Gasteiger partial charge on any atom is -0.493 e. The molecule has 1 aliphatic rings. The smallest absolute Gasteiger partial charge is 0.262 e. The number of hydrogen-bond acceptors (Lipinski definition) is 7. The van der Waals surface area contributed by atoms with Gasteiger partial charge in [0.2, 0.25) is 11.8 Å². The molecule has 1 unspecified atom stereocenters. The molecule has 1 aromatic heterocycles. The van der Waals surface area contributed by atoms with Crippen LogP contribution in [-0.2, 0) is 4.79 Å². The number of nitrogens with zero attached hydrogens (tertiary/aromatic N) is 2. The van der Waals surface area contributed by atoms with E-state index in [-0.39, 0.29) is 24.0 Å². The van der Waals surface area contributed by atoms with Crippen molar-refractivity contribution >= 4 is 23.2 Å². The quantitative estimate of drug-likeness (QED) is 0.487. The Kier molecular flexibility index (Phi) is 6.34. The number of aromatic nitrogens is 2. The van der Waals surface area contributed by atoms with E-state index in [0.717, 1.165) is 22.4 Å². The molecular formula is C24H22ClN5O4. The van der Waals surface area contributed by atoms with Crippen molar-refractivity contribution in [1.29, 1.82) is 5.26 Å². The molecule has 2 heterocycles. The fourth-order valence-corrected chi connectivity index (χ4v) is 3.96. The second kappa shape index (κ2) is 9.37. The molecule has 0 bridgehead atoms. The van der Waals surface area contributed by atoms with E-state index in [4.69, 9.17) is 31.5 Å². The number of aryl methyl sites for hydroxylation is 1. The Balaban J connectivity index is 1.57. The zero-order chi connectivity index (χ0) is 24.4. The predicted molar refractivity (Wildman–Crippen MR) is 126 cm³/mol. The molecule has 0 aliphatic carbocycles. The number of allylic oxidation sites excluding steroid dienone is 1. The molecule has 0 spiro atoms. The number of carbonyl (C=O) groups excluding carboxylic acids is 1. The number of methoxy groups -OCH3 is 1. The molecule has 3 aromatic rings. The van der Waals surface area contributed by atoms with E-state index >= 15 is 0 Å². The summed E-state index contributed by atoms with van der Waals surface area (Å²) < 4.78 is 16.7. The molecule has 1 atom stereocenters. The molecule has 9 nitrogen and oxygen atoms in total. The minimum absolute atomic E-state index is 0.00114. The van der Waals surface area contributed by atoms with Gasteiger partial charge < -0.3 is 25.3 Å². The molecule has 174 valence electrons. The second-order valence-corrected chi connectivity index (χ2v) is 8.06. The van der Waals surface area contributed by atoms with Gasteiger partial charge in [0, 0.05) is 22.0 Å². The molecule has 2 aromatic carbocycles. The van der Waals surface area contributed by atoms with Gasteiger partial charge in [0.25, 0.3) is 5.91 Å². The van der Waals surface area contributed by atoms with Gasteiger partial charge in [-0.25, -0.2) is 0 Å². The number of benzene rings is 2. The van der Waals surface area contributed by atoms with E-state index in [1.165, 1.54) is 7.11 Å².